The van der Waals surface area contributed by atoms with Crippen LogP contribution in [0.3, 0.4) is 0 Å². The minimum Gasteiger partial charge on any atom is -0.497 e. The van der Waals surface area contributed by atoms with Gasteiger partial charge in [-0.3, -0.25) is 0 Å². The predicted octanol–water partition coefficient (Wildman–Crippen LogP) is 4.58. The van der Waals surface area contributed by atoms with E-state index >= 15 is 0 Å². The Morgan fingerprint density at radius 3 is 2.59 bits per heavy atom. The van der Waals surface area contributed by atoms with Gasteiger partial charge < -0.3 is 4.74 Å². The summed E-state index contributed by atoms with van der Waals surface area (Å²) in [5.41, 5.74) is 1.93. The lowest BCUT2D eigenvalue weighted by Gasteiger charge is -2.08. The highest BCUT2D eigenvalue weighted by Gasteiger charge is 2.09. The van der Waals surface area contributed by atoms with Crippen LogP contribution in [0.2, 0.25) is 0 Å². The van der Waals surface area contributed by atoms with Gasteiger partial charge in [0.05, 0.1) is 12.6 Å². The second-order valence-corrected chi connectivity index (χ2v) is 5.71. The van der Waals surface area contributed by atoms with Crippen LogP contribution in [0, 0.1) is 0 Å². The van der Waals surface area contributed by atoms with Crippen LogP contribution in [0.25, 0.3) is 22.3 Å². The molecule has 1 aromatic heterocycles. The Hall–Kier alpha value is -2.33. The molecule has 0 atom stereocenters. The van der Waals surface area contributed by atoms with Crippen LogP contribution < -0.4 is 4.74 Å². The molecule has 0 fully saturated rings. The van der Waals surface area contributed by atoms with E-state index in [1.54, 1.807) is 18.9 Å². The summed E-state index contributed by atoms with van der Waals surface area (Å²) in [6.45, 7) is 3.78. The summed E-state index contributed by atoms with van der Waals surface area (Å²) in [7, 11) is 1.66. The molecular formula is C18H16N2OS. The predicted molar refractivity (Wildman–Crippen MR) is 92.4 cm³/mol. The number of ether oxygens (including phenoxy) is 1. The number of fused-ring (bicyclic) bond motifs is 1. The van der Waals surface area contributed by atoms with Gasteiger partial charge >= 0.3 is 0 Å². The maximum Gasteiger partial charge on any atom is 0.161 e. The third kappa shape index (κ3) is 2.97. The lowest BCUT2D eigenvalue weighted by atomic mass is 10.2. The van der Waals surface area contributed by atoms with E-state index in [1.165, 1.54) is 0 Å². The molecule has 0 aliphatic heterocycles. The monoisotopic (exact) mass is 308 g/mol. The molecule has 0 saturated carbocycles. The van der Waals surface area contributed by atoms with Crippen LogP contribution in [-0.4, -0.2) is 22.8 Å². The van der Waals surface area contributed by atoms with E-state index in [1.807, 2.05) is 48.5 Å². The molecule has 2 aromatic carbocycles. The molecule has 3 rings (SSSR count). The fourth-order valence-corrected chi connectivity index (χ4v) is 2.92. The molecule has 3 aromatic rings. The number of thioether (sulfide) groups is 1. The summed E-state index contributed by atoms with van der Waals surface area (Å²) >= 11 is 1.67. The fraction of sp³-hybridized carbons (Fsp3) is 0.111. The molecule has 3 nitrogen and oxygen atoms in total. The summed E-state index contributed by atoms with van der Waals surface area (Å²) in [4.78, 5) is 9.41. The minimum absolute atomic E-state index is 0.730. The Morgan fingerprint density at radius 1 is 1.09 bits per heavy atom. The number of aromatic nitrogens is 2. The number of nitrogens with zero attached hydrogens (tertiary/aromatic N) is 2. The van der Waals surface area contributed by atoms with Crippen molar-refractivity contribution in [1.82, 2.24) is 9.97 Å². The molecule has 0 radical (unpaired) electrons. The number of hydrogen-bond donors (Lipinski definition) is 0. The Morgan fingerprint density at radius 2 is 1.86 bits per heavy atom. The third-order valence-electron chi connectivity index (χ3n) is 3.25. The van der Waals surface area contributed by atoms with Crippen molar-refractivity contribution in [2.24, 2.45) is 0 Å². The summed E-state index contributed by atoms with van der Waals surface area (Å²) in [6.07, 6.45) is 1.88. The van der Waals surface area contributed by atoms with Crippen LogP contribution in [0.5, 0.6) is 5.75 Å². The van der Waals surface area contributed by atoms with Crippen molar-refractivity contribution < 1.29 is 4.74 Å². The Labute approximate surface area is 134 Å². The van der Waals surface area contributed by atoms with Crippen molar-refractivity contribution in [3.05, 3.63) is 61.2 Å². The number of para-hydroxylation sites is 1. The molecule has 0 bridgehead atoms. The Balaban J connectivity index is 2.10. The highest BCUT2D eigenvalue weighted by atomic mass is 32.2. The molecule has 1 heterocycles. The van der Waals surface area contributed by atoms with E-state index in [-0.39, 0.29) is 0 Å². The number of hydrogen-bond acceptors (Lipinski definition) is 4. The van der Waals surface area contributed by atoms with Crippen LogP contribution in [0.4, 0.5) is 0 Å². The molecule has 110 valence electrons. The first-order valence-electron chi connectivity index (χ1n) is 6.96. The van der Waals surface area contributed by atoms with Gasteiger partial charge in [-0.1, -0.05) is 24.3 Å². The lowest BCUT2D eigenvalue weighted by Crippen LogP contribution is -1.94. The van der Waals surface area contributed by atoms with Gasteiger partial charge in [0.2, 0.25) is 0 Å². The van der Waals surface area contributed by atoms with Gasteiger partial charge in [0.15, 0.2) is 5.82 Å². The topological polar surface area (TPSA) is 35.0 Å². The van der Waals surface area contributed by atoms with Gasteiger partial charge in [-0.15, -0.1) is 18.3 Å². The molecule has 0 aliphatic carbocycles. The Kier molecular flexibility index (Phi) is 4.39. The van der Waals surface area contributed by atoms with E-state index in [4.69, 9.17) is 9.72 Å². The van der Waals surface area contributed by atoms with Gasteiger partial charge in [0, 0.05) is 16.7 Å². The van der Waals surface area contributed by atoms with Crippen molar-refractivity contribution in [2.45, 2.75) is 5.03 Å². The lowest BCUT2D eigenvalue weighted by molar-refractivity contribution is 0.415. The van der Waals surface area contributed by atoms with Crippen molar-refractivity contribution in [3.63, 3.8) is 0 Å². The highest BCUT2D eigenvalue weighted by Crippen LogP contribution is 2.28. The average molecular weight is 308 g/mol. The minimum atomic E-state index is 0.730. The van der Waals surface area contributed by atoms with Gasteiger partial charge in [-0.25, -0.2) is 9.97 Å². The number of rotatable bonds is 5. The third-order valence-corrected chi connectivity index (χ3v) is 4.24. The zero-order chi connectivity index (χ0) is 15.4. The highest BCUT2D eigenvalue weighted by molar-refractivity contribution is 7.99. The SMILES string of the molecule is C=CCSc1nc(-c2ccc(OC)cc2)nc2ccccc12. The first-order chi connectivity index (χ1) is 10.8. The normalized spacial score (nSPS) is 10.6. The zero-order valence-corrected chi connectivity index (χ0v) is 13.1. The standard InChI is InChI=1S/C18H16N2OS/c1-3-12-22-18-15-6-4-5-7-16(15)19-17(20-18)13-8-10-14(21-2)11-9-13/h3-11H,1,12H2,2H3. The maximum atomic E-state index is 5.20. The zero-order valence-electron chi connectivity index (χ0n) is 12.3. The molecule has 0 amide bonds. The quantitative estimate of drug-likeness (QED) is 0.392. The number of benzene rings is 2. The van der Waals surface area contributed by atoms with Crippen molar-refractivity contribution in [2.75, 3.05) is 12.9 Å². The molecule has 0 saturated heterocycles. The van der Waals surface area contributed by atoms with Crippen LogP contribution in [0.1, 0.15) is 0 Å². The first-order valence-corrected chi connectivity index (χ1v) is 7.95. The molecular weight excluding hydrogens is 292 g/mol. The Bertz CT molecular complexity index is 800. The van der Waals surface area contributed by atoms with Crippen molar-refractivity contribution in [1.29, 1.82) is 0 Å². The van der Waals surface area contributed by atoms with Gasteiger partial charge in [0.1, 0.15) is 10.8 Å². The van der Waals surface area contributed by atoms with E-state index in [0.717, 1.165) is 38.8 Å². The number of methoxy groups -OCH3 is 1. The van der Waals surface area contributed by atoms with Gasteiger partial charge in [-0.05, 0) is 30.3 Å². The molecule has 0 aliphatic rings. The van der Waals surface area contributed by atoms with Crippen LogP contribution >= 0.6 is 11.8 Å². The fourth-order valence-electron chi connectivity index (χ4n) is 2.16. The smallest absolute Gasteiger partial charge is 0.161 e. The molecule has 0 spiro atoms. The van der Waals surface area contributed by atoms with Crippen LogP contribution in [-0.2, 0) is 0 Å². The average Bonchev–Trinajstić information content (AvgIpc) is 2.59. The van der Waals surface area contributed by atoms with E-state index < -0.39 is 0 Å². The maximum absolute atomic E-state index is 5.20. The van der Waals surface area contributed by atoms with Crippen LogP contribution in [0.15, 0.2) is 66.2 Å². The molecule has 0 N–H and O–H groups in total. The molecule has 0 unspecified atom stereocenters. The van der Waals surface area contributed by atoms with Crippen molar-refractivity contribution >= 4 is 22.7 Å². The summed E-state index contributed by atoms with van der Waals surface area (Å²) in [5, 5.41) is 2.06. The largest absolute Gasteiger partial charge is 0.497 e. The summed E-state index contributed by atoms with van der Waals surface area (Å²) < 4.78 is 5.20. The molecule has 22 heavy (non-hydrogen) atoms. The van der Waals surface area contributed by atoms with Gasteiger partial charge in [-0.2, -0.15) is 0 Å². The first kappa shape index (κ1) is 14.6. The molecule has 4 heteroatoms. The van der Waals surface area contributed by atoms with E-state index in [9.17, 15) is 0 Å². The second kappa shape index (κ2) is 6.62. The van der Waals surface area contributed by atoms with Gasteiger partial charge in [0.25, 0.3) is 0 Å². The van der Waals surface area contributed by atoms with E-state index in [2.05, 4.69) is 17.6 Å². The summed E-state index contributed by atoms with van der Waals surface area (Å²) in [5.74, 6) is 2.38. The van der Waals surface area contributed by atoms with Crippen molar-refractivity contribution in [3.8, 4) is 17.1 Å². The van der Waals surface area contributed by atoms with E-state index in [0.29, 0.717) is 0 Å². The summed E-state index contributed by atoms with van der Waals surface area (Å²) in [6, 6.07) is 15.9. The second-order valence-electron chi connectivity index (χ2n) is 4.70.